The van der Waals surface area contributed by atoms with Gasteiger partial charge < -0.3 is 11.1 Å². The lowest BCUT2D eigenvalue weighted by atomic mass is 10.1. The van der Waals surface area contributed by atoms with Gasteiger partial charge in [-0.25, -0.2) is 4.98 Å². The van der Waals surface area contributed by atoms with Crippen LogP contribution in [0, 0.1) is 21.4 Å². The third-order valence-electron chi connectivity index (χ3n) is 3.57. The fraction of sp³-hybridized carbons (Fsp3) is 0.500. The Morgan fingerprint density at radius 2 is 2.32 bits per heavy atom. The fourth-order valence-corrected chi connectivity index (χ4v) is 2.03. The van der Waals surface area contributed by atoms with Crippen LogP contribution in [0.25, 0.3) is 0 Å². The summed E-state index contributed by atoms with van der Waals surface area (Å²) < 4.78 is 0. The van der Waals surface area contributed by atoms with Crippen LogP contribution in [0.5, 0.6) is 0 Å². The Bertz CT molecular complexity index is 542. The van der Waals surface area contributed by atoms with Crippen molar-refractivity contribution >= 4 is 17.4 Å². The van der Waals surface area contributed by atoms with Gasteiger partial charge in [-0.3, -0.25) is 14.9 Å². The number of pyridine rings is 1. The number of rotatable bonds is 4. The minimum atomic E-state index is -0.636. The highest BCUT2D eigenvalue weighted by Crippen LogP contribution is 2.51. The molecule has 1 fully saturated rings. The van der Waals surface area contributed by atoms with E-state index in [2.05, 4.69) is 24.1 Å². The maximum Gasteiger partial charge on any atom is 0.300 e. The second kappa shape index (κ2) is 4.49. The Balaban J connectivity index is 2.10. The lowest BCUT2D eigenvalue weighted by Gasteiger charge is -2.07. The van der Waals surface area contributed by atoms with Gasteiger partial charge in [0.2, 0.25) is 0 Å². The van der Waals surface area contributed by atoms with Crippen molar-refractivity contribution in [2.45, 2.75) is 20.3 Å². The highest BCUT2D eigenvalue weighted by atomic mass is 16.6. The molecule has 1 aromatic heterocycles. The molecular formula is C12H16N4O3. The van der Waals surface area contributed by atoms with Gasteiger partial charge in [-0.05, 0) is 23.8 Å². The largest absolute Gasteiger partial charge is 0.384 e. The van der Waals surface area contributed by atoms with Crippen molar-refractivity contribution in [1.82, 2.24) is 10.3 Å². The first-order chi connectivity index (χ1) is 8.81. The van der Waals surface area contributed by atoms with E-state index in [9.17, 15) is 14.9 Å². The summed E-state index contributed by atoms with van der Waals surface area (Å²) in [5.74, 6) is 0.0284. The monoisotopic (exact) mass is 264 g/mol. The first kappa shape index (κ1) is 13.3. The maximum absolute atomic E-state index is 12.0. The first-order valence-electron chi connectivity index (χ1n) is 5.99. The molecule has 0 spiro atoms. The van der Waals surface area contributed by atoms with E-state index in [1.165, 1.54) is 6.07 Å². The molecule has 0 saturated heterocycles. The Hall–Kier alpha value is -2.18. The quantitative estimate of drug-likeness (QED) is 0.629. The highest BCUT2D eigenvalue weighted by Gasteiger charge is 2.45. The van der Waals surface area contributed by atoms with E-state index in [0.717, 1.165) is 12.6 Å². The highest BCUT2D eigenvalue weighted by molar-refractivity contribution is 5.98. The minimum Gasteiger partial charge on any atom is -0.384 e. The first-order valence-corrected chi connectivity index (χ1v) is 5.99. The average Bonchev–Trinajstić information content (AvgIpc) is 2.93. The molecule has 1 atom stereocenters. The van der Waals surface area contributed by atoms with Crippen molar-refractivity contribution in [1.29, 1.82) is 0 Å². The van der Waals surface area contributed by atoms with E-state index in [0.29, 0.717) is 12.5 Å². The number of hydrogen-bond acceptors (Lipinski definition) is 5. The van der Waals surface area contributed by atoms with E-state index < -0.39 is 10.8 Å². The Morgan fingerprint density at radius 3 is 2.84 bits per heavy atom. The number of anilines is 1. The molecule has 0 aliphatic heterocycles. The molecule has 1 heterocycles. The van der Waals surface area contributed by atoms with E-state index in [1.54, 1.807) is 0 Å². The zero-order chi connectivity index (χ0) is 14.2. The van der Waals surface area contributed by atoms with E-state index in [1.807, 2.05) is 0 Å². The SMILES string of the molecule is CC1(C)CC1CNC(=O)c1cc(N)ncc1[N+](=O)[O-]. The van der Waals surface area contributed by atoms with E-state index in [4.69, 9.17) is 5.73 Å². The van der Waals surface area contributed by atoms with Crippen molar-refractivity contribution in [2.75, 3.05) is 12.3 Å². The molecule has 1 aliphatic rings. The van der Waals surface area contributed by atoms with Crippen LogP contribution in [0.4, 0.5) is 11.5 Å². The van der Waals surface area contributed by atoms with Gasteiger partial charge >= 0.3 is 0 Å². The van der Waals surface area contributed by atoms with Crippen molar-refractivity contribution in [2.24, 2.45) is 11.3 Å². The Labute approximate surface area is 110 Å². The van der Waals surface area contributed by atoms with E-state index >= 15 is 0 Å². The van der Waals surface area contributed by atoms with E-state index in [-0.39, 0.29) is 22.5 Å². The summed E-state index contributed by atoms with van der Waals surface area (Å²) in [6.07, 6.45) is 2.05. The smallest absolute Gasteiger partial charge is 0.300 e. The number of nitro groups is 1. The molecular weight excluding hydrogens is 248 g/mol. The predicted octanol–water partition coefficient (Wildman–Crippen LogP) is 1.35. The number of carbonyl (C=O) groups is 1. The maximum atomic E-state index is 12.0. The number of aromatic nitrogens is 1. The summed E-state index contributed by atoms with van der Waals surface area (Å²) in [5.41, 5.74) is 5.33. The summed E-state index contributed by atoms with van der Waals surface area (Å²) >= 11 is 0. The van der Waals surface area contributed by atoms with Crippen LogP contribution in [0.3, 0.4) is 0 Å². The van der Waals surface area contributed by atoms with Gasteiger partial charge in [0, 0.05) is 6.54 Å². The van der Waals surface area contributed by atoms with Crippen LogP contribution in [0.2, 0.25) is 0 Å². The van der Waals surface area contributed by atoms with Gasteiger partial charge in [0.1, 0.15) is 17.6 Å². The molecule has 1 aliphatic carbocycles. The third kappa shape index (κ3) is 2.81. The molecule has 7 nitrogen and oxygen atoms in total. The molecule has 2 rings (SSSR count). The second-order valence-electron chi connectivity index (χ2n) is 5.48. The molecule has 1 saturated carbocycles. The normalized spacial score (nSPS) is 19.8. The number of amides is 1. The van der Waals surface area contributed by atoms with Crippen LogP contribution in [0.1, 0.15) is 30.6 Å². The van der Waals surface area contributed by atoms with Crippen LogP contribution < -0.4 is 11.1 Å². The minimum absolute atomic E-state index is 0.0454. The standard InChI is InChI=1S/C12H16N4O3/c1-12(2)4-7(12)5-15-11(17)8-3-10(13)14-6-9(8)16(18)19/h3,6-7H,4-5H2,1-2H3,(H2,13,14)(H,15,17). The lowest BCUT2D eigenvalue weighted by molar-refractivity contribution is -0.385. The number of nitrogens with zero attached hydrogens (tertiary/aromatic N) is 2. The van der Waals surface area contributed by atoms with Gasteiger partial charge in [-0.2, -0.15) is 0 Å². The molecule has 102 valence electrons. The Kier molecular flexibility index (Phi) is 3.13. The van der Waals surface area contributed by atoms with Crippen molar-refractivity contribution in [3.05, 3.63) is 27.9 Å². The zero-order valence-electron chi connectivity index (χ0n) is 10.8. The lowest BCUT2D eigenvalue weighted by Crippen LogP contribution is -2.27. The zero-order valence-corrected chi connectivity index (χ0v) is 10.8. The second-order valence-corrected chi connectivity index (χ2v) is 5.48. The van der Waals surface area contributed by atoms with Gasteiger partial charge in [0.15, 0.2) is 0 Å². The average molecular weight is 264 g/mol. The summed E-state index contributed by atoms with van der Waals surface area (Å²) in [6.45, 7) is 4.76. The topological polar surface area (TPSA) is 111 Å². The third-order valence-corrected chi connectivity index (χ3v) is 3.57. The van der Waals surface area contributed by atoms with Crippen LogP contribution in [-0.4, -0.2) is 22.4 Å². The molecule has 0 aromatic carbocycles. The molecule has 3 N–H and O–H groups in total. The Morgan fingerprint density at radius 1 is 1.68 bits per heavy atom. The molecule has 7 heteroatoms. The number of nitrogens with one attached hydrogen (secondary N) is 1. The summed E-state index contributed by atoms with van der Waals surface area (Å²) in [7, 11) is 0. The van der Waals surface area contributed by atoms with Crippen LogP contribution >= 0.6 is 0 Å². The van der Waals surface area contributed by atoms with Crippen LogP contribution in [0.15, 0.2) is 12.3 Å². The van der Waals surface area contributed by atoms with Gasteiger partial charge in [-0.1, -0.05) is 13.8 Å². The molecule has 0 radical (unpaired) electrons. The molecule has 0 bridgehead atoms. The summed E-state index contributed by atoms with van der Waals surface area (Å²) in [5, 5.41) is 13.5. The number of hydrogen-bond donors (Lipinski definition) is 2. The number of nitrogen functional groups attached to an aromatic ring is 1. The van der Waals surface area contributed by atoms with Gasteiger partial charge in [-0.15, -0.1) is 0 Å². The number of carbonyl (C=O) groups excluding carboxylic acids is 1. The molecule has 19 heavy (non-hydrogen) atoms. The fourth-order valence-electron chi connectivity index (χ4n) is 2.03. The number of nitrogens with two attached hydrogens (primary N) is 1. The van der Waals surface area contributed by atoms with Crippen molar-refractivity contribution in [3.8, 4) is 0 Å². The molecule has 1 aromatic rings. The molecule has 1 amide bonds. The predicted molar refractivity (Wildman–Crippen MR) is 69.5 cm³/mol. The van der Waals surface area contributed by atoms with Gasteiger partial charge in [0.25, 0.3) is 11.6 Å². The summed E-state index contributed by atoms with van der Waals surface area (Å²) in [4.78, 5) is 25.8. The summed E-state index contributed by atoms with van der Waals surface area (Å²) in [6, 6.07) is 1.23. The van der Waals surface area contributed by atoms with Gasteiger partial charge in [0.05, 0.1) is 4.92 Å². The van der Waals surface area contributed by atoms with Crippen molar-refractivity contribution in [3.63, 3.8) is 0 Å². The van der Waals surface area contributed by atoms with Crippen molar-refractivity contribution < 1.29 is 9.72 Å². The van der Waals surface area contributed by atoms with Crippen LogP contribution in [-0.2, 0) is 0 Å². The molecule has 1 unspecified atom stereocenters.